The summed E-state index contributed by atoms with van der Waals surface area (Å²) in [4.78, 5) is 25.1. The Kier molecular flexibility index (Phi) is 26.1. The van der Waals surface area contributed by atoms with Crippen molar-refractivity contribution in [2.45, 2.75) is 142 Å². The van der Waals surface area contributed by atoms with Gasteiger partial charge in [-0.3, -0.25) is 9.59 Å². The first kappa shape index (κ1) is 34.9. The number of carbonyl (C=O) groups excluding carboxylic acids is 2. The fourth-order valence-electron chi connectivity index (χ4n) is 4.83. The van der Waals surface area contributed by atoms with Crippen molar-refractivity contribution in [2.24, 2.45) is 11.8 Å². The fraction of sp³-hybridized carbons (Fsp3) is 0.933. The van der Waals surface area contributed by atoms with Gasteiger partial charge in [-0.1, -0.05) is 117 Å². The number of unbranched alkanes of at least 4 members (excludes halogenated alkanes) is 14. The second kappa shape index (κ2) is 26.9. The van der Waals surface area contributed by atoms with Gasteiger partial charge in [0.05, 0.1) is 0 Å². The second-order valence-corrected chi connectivity index (χ2v) is 10.5. The summed E-state index contributed by atoms with van der Waals surface area (Å²) >= 11 is 0. The third kappa shape index (κ3) is 21.0. The van der Waals surface area contributed by atoms with Crippen molar-refractivity contribution < 1.29 is 19.8 Å². The maximum atomic E-state index is 12.6. The second-order valence-electron chi connectivity index (χ2n) is 10.5. The molecule has 0 saturated carbocycles. The molecule has 0 aliphatic heterocycles. The van der Waals surface area contributed by atoms with E-state index in [1.165, 1.54) is 77.0 Å². The molecule has 2 atom stereocenters. The van der Waals surface area contributed by atoms with E-state index < -0.39 is 0 Å². The van der Waals surface area contributed by atoms with E-state index in [9.17, 15) is 19.8 Å². The molecular weight excluding hydrogens is 452 g/mol. The van der Waals surface area contributed by atoms with E-state index in [0.29, 0.717) is 25.9 Å². The van der Waals surface area contributed by atoms with E-state index in [1.54, 1.807) is 0 Å². The Morgan fingerprint density at radius 1 is 0.500 bits per heavy atom. The molecule has 0 heterocycles. The van der Waals surface area contributed by atoms with Crippen LogP contribution in [0.25, 0.3) is 0 Å². The van der Waals surface area contributed by atoms with Crippen molar-refractivity contribution in [3.8, 4) is 0 Å². The van der Waals surface area contributed by atoms with E-state index in [1.807, 2.05) is 0 Å². The third-order valence-electron chi connectivity index (χ3n) is 7.23. The average Bonchev–Trinajstić information content (AvgIpc) is 2.88. The molecule has 6 heteroatoms. The van der Waals surface area contributed by atoms with E-state index in [-0.39, 0.29) is 36.9 Å². The first-order valence-electron chi connectivity index (χ1n) is 15.4. The number of carbonyl (C=O) groups is 2. The monoisotopic (exact) mass is 512 g/mol. The smallest absolute Gasteiger partial charge is 0.223 e. The van der Waals surface area contributed by atoms with Gasteiger partial charge in [0, 0.05) is 38.1 Å². The van der Waals surface area contributed by atoms with E-state index in [0.717, 1.165) is 38.5 Å². The number of aliphatic hydroxyl groups excluding tert-OH is 2. The third-order valence-corrected chi connectivity index (χ3v) is 7.23. The van der Waals surface area contributed by atoms with Gasteiger partial charge < -0.3 is 20.8 Å². The van der Waals surface area contributed by atoms with Gasteiger partial charge >= 0.3 is 0 Å². The van der Waals surface area contributed by atoms with Crippen LogP contribution in [0.15, 0.2) is 0 Å². The van der Waals surface area contributed by atoms with Crippen LogP contribution >= 0.6 is 0 Å². The topological polar surface area (TPSA) is 98.7 Å². The molecule has 6 nitrogen and oxygen atoms in total. The summed E-state index contributed by atoms with van der Waals surface area (Å²) in [6.45, 7) is 5.29. The van der Waals surface area contributed by atoms with Crippen molar-refractivity contribution in [3.63, 3.8) is 0 Å². The highest BCUT2D eigenvalue weighted by Gasteiger charge is 2.19. The molecule has 36 heavy (non-hydrogen) atoms. The zero-order chi connectivity index (χ0) is 26.7. The van der Waals surface area contributed by atoms with Crippen LogP contribution in [0.2, 0.25) is 0 Å². The van der Waals surface area contributed by atoms with Crippen molar-refractivity contribution >= 4 is 11.8 Å². The average molecular weight is 513 g/mol. The maximum absolute atomic E-state index is 12.6. The molecule has 0 bridgehead atoms. The van der Waals surface area contributed by atoms with Gasteiger partial charge in [0.2, 0.25) is 11.8 Å². The summed E-state index contributed by atoms with van der Waals surface area (Å²) in [5.41, 5.74) is 0. The summed E-state index contributed by atoms with van der Waals surface area (Å²) in [5, 5.41) is 24.6. The molecule has 214 valence electrons. The van der Waals surface area contributed by atoms with E-state index >= 15 is 0 Å². The van der Waals surface area contributed by atoms with Crippen LogP contribution in [-0.4, -0.2) is 48.3 Å². The normalized spacial score (nSPS) is 12.9. The highest BCUT2D eigenvalue weighted by atomic mass is 16.3. The van der Waals surface area contributed by atoms with E-state index in [2.05, 4.69) is 24.5 Å². The van der Waals surface area contributed by atoms with Crippen molar-refractivity contribution in [2.75, 3.05) is 26.3 Å². The minimum absolute atomic E-state index is 0.0212. The molecule has 0 rings (SSSR count). The first-order valence-corrected chi connectivity index (χ1v) is 15.4. The van der Waals surface area contributed by atoms with Gasteiger partial charge in [-0.15, -0.1) is 0 Å². The summed E-state index contributed by atoms with van der Waals surface area (Å²) in [5.74, 6) is -0.357. The van der Waals surface area contributed by atoms with Gasteiger partial charge in [0.15, 0.2) is 0 Å². The summed E-state index contributed by atoms with van der Waals surface area (Å²) in [6, 6.07) is 0. The molecular formula is C30H60N2O4. The lowest BCUT2D eigenvalue weighted by atomic mass is 9.96. The van der Waals surface area contributed by atoms with Crippen LogP contribution in [0.3, 0.4) is 0 Å². The van der Waals surface area contributed by atoms with Crippen LogP contribution in [0, 0.1) is 11.8 Å². The molecule has 0 saturated heterocycles. The molecule has 0 aromatic heterocycles. The van der Waals surface area contributed by atoms with Crippen LogP contribution in [0.5, 0.6) is 0 Å². The van der Waals surface area contributed by atoms with Gasteiger partial charge in [-0.25, -0.2) is 0 Å². The molecule has 4 N–H and O–H groups in total. The first-order chi connectivity index (χ1) is 17.6. The number of rotatable bonds is 27. The molecule has 2 amide bonds. The quantitative estimate of drug-likeness (QED) is 0.0974. The molecule has 0 aliphatic rings. The van der Waals surface area contributed by atoms with Gasteiger partial charge in [-0.05, 0) is 25.7 Å². The van der Waals surface area contributed by atoms with Crippen LogP contribution in [-0.2, 0) is 9.59 Å². The molecule has 0 aromatic rings. The summed E-state index contributed by atoms with van der Waals surface area (Å²) in [7, 11) is 0. The zero-order valence-corrected chi connectivity index (χ0v) is 23.8. The van der Waals surface area contributed by atoms with Crippen LogP contribution < -0.4 is 10.6 Å². The minimum Gasteiger partial charge on any atom is -0.396 e. The largest absolute Gasteiger partial charge is 0.396 e. The fourth-order valence-corrected chi connectivity index (χ4v) is 4.83. The number of nitrogens with one attached hydrogen (secondary N) is 2. The highest BCUT2D eigenvalue weighted by Crippen LogP contribution is 2.17. The lowest BCUT2D eigenvalue weighted by Gasteiger charge is -2.18. The number of amides is 2. The lowest BCUT2D eigenvalue weighted by Crippen LogP contribution is -2.39. The Hall–Kier alpha value is -1.14. The minimum atomic E-state index is -0.157. The molecule has 2 unspecified atom stereocenters. The Labute approximate surface area is 222 Å². The van der Waals surface area contributed by atoms with Gasteiger partial charge in [-0.2, -0.15) is 0 Å². The molecule has 0 aromatic carbocycles. The SMILES string of the molecule is CCCCCCCCCCC(CCO)C(=O)NCCNC(=O)C(CCO)CCCCCCCCCC. The van der Waals surface area contributed by atoms with Crippen molar-refractivity contribution in [1.82, 2.24) is 10.6 Å². The van der Waals surface area contributed by atoms with Crippen molar-refractivity contribution in [1.29, 1.82) is 0 Å². The molecule has 0 aliphatic carbocycles. The Balaban J connectivity index is 4.06. The summed E-state index contributed by atoms with van der Waals surface area (Å²) in [6.07, 6.45) is 22.3. The zero-order valence-electron chi connectivity index (χ0n) is 23.8. The lowest BCUT2D eigenvalue weighted by molar-refractivity contribution is -0.127. The van der Waals surface area contributed by atoms with Crippen LogP contribution in [0.1, 0.15) is 142 Å². The van der Waals surface area contributed by atoms with Crippen molar-refractivity contribution in [3.05, 3.63) is 0 Å². The predicted octanol–water partition coefficient (Wildman–Crippen LogP) is 6.28. The highest BCUT2D eigenvalue weighted by molar-refractivity contribution is 5.79. The Morgan fingerprint density at radius 2 is 0.806 bits per heavy atom. The molecule has 0 spiro atoms. The number of hydrogen-bond acceptors (Lipinski definition) is 4. The molecule has 0 fully saturated rings. The summed E-state index contributed by atoms with van der Waals surface area (Å²) < 4.78 is 0. The standard InChI is InChI=1S/C30H60N2O4/c1-3-5-7-9-11-13-15-17-19-27(21-25-33)29(35)31-23-24-32-30(36)28(22-26-34)20-18-16-14-12-10-8-6-4-2/h27-28,33-34H,3-26H2,1-2H3,(H,31,35)(H,32,36). The van der Waals surface area contributed by atoms with Crippen LogP contribution in [0.4, 0.5) is 0 Å². The number of hydrogen-bond donors (Lipinski definition) is 4. The predicted molar refractivity (Wildman–Crippen MR) is 151 cm³/mol. The Bertz CT molecular complexity index is 457. The Morgan fingerprint density at radius 3 is 1.11 bits per heavy atom. The number of aliphatic hydroxyl groups is 2. The van der Waals surface area contributed by atoms with Gasteiger partial charge in [0.25, 0.3) is 0 Å². The van der Waals surface area contributed by atoms with E-state index in [4.69, 9.17) is 0 Å². The molecule has 0 radical (unpaired) electrons. The van der Waals surface area contributed by atoms with Gasteiger partial charge in [0.1, 0.15) is 0 Å². The maximum Gasteiger partial charge on any atom is 0.223 e.